The first-order valence-electron chi connectivity index (χ1n) is 11.1. The predicted octanol–water partition coefficient (Wildman–Crippen LogP) is 5.62. The van der Waals surface area contributed by atoms with Gasteiger partial charge < -0.3 is 25.2 Å². The summed E-state index contributed by atoms with van der Waals surface area (Å²) in [7, 11) is 0. The van der Waals surface area contributed by atoms with Crippen LogP contribution in [0.3, 0.4) is 0 Å². The van der Waals surface area contributed by atoms with E-state index in [0.717, 1.165) is 16.7 Å². The fraction of sp³-hybridized carbons (Fsp3) is 0.138. The molecule has 0 spiro atoms. The molecule has 35 heavy (non-hydrogen) atoms. The van der Waals surface area contributed by atoms with Crippen molar-refractivity contribution in [1.29, 1.82) is 0 Å². The monoisotopic (exact) mass is 472 g/mol. The number of ether oxygens (including phenoxy) is 1. The lowest BCUT2D eigenvalue weighted by atomic mass is 10.0. The maximum absolute atomic E-state index is 12.6. The van der Waals surface area contributed by atoms with Gasteiger partial charge in [-0.25, -0.2) is 0 Å². The minimum Gasteiger partial charge on any atom is -0.508 e. The standard InChI is InChI=1S/C29H28O6/c1-20(19-35-18-2-3-21-5-10-23(30)11-6-21)4-14-25-28(33)17-15-26(29(25)34)27(32)16-9-22-7-12-24(31)13-8-22/h2-13,15-17,30-31,33-34H,14,18-19H2,1H3/b3-2+,16-9+,20-4+. The van der Waals surface area contributed by atoms with Crippen LogP contribution in [0.25, 0.3) is 12.2 Å². The van der Waals surface area contributed by atoms with Crippen molar-refractivity contribution in [2.24, 2.45) is 0 Å². The summed E-state index contributed by atoms with van der Waals surface area (Å²) in [5, 5.41) is 39.5. The molecule has 3 aromatic rings. The van der Waals surface area contributed by atoms with Crippen molar-refractivity contribution >= 4 is 17.9 Å². The Morgan fingerprint density at radius 2 is 1.43 bits per heavy atom. The summed E-state index contributed by atoms with van der Waals surface area (Å²) in [6, 6.07) is 16.0. The molecule has 0 aliphatic rings. The maximum Gasteiger partial charge on any atom is 0.189 e. The summed E-state index contributed by atoms with van der Waals surface area (Å²) in [5.41, 5.74) is 2.95. The third kappa shape index (κ3) is 7.62. The van der Waals surface area contributed by atoms with Crippen molar-refractivity contribution in [3.8, 4) is 23.0 Å². The molecular formula is C29H28O6. The molecule has 180 valence electrons. The highest BCUT2D eigenvalue weighted by atomic mass is 16.5. The number of ketones is 1. The van der Waals surface area contributed by atoms with Gasteiger partial charge in [0.25, 0.3) is 0 Å². The van der Waals surface area contributed by atoms with Gasteiger partial charge in [0.05, 0.1) is 18.8 Å². The van der Waals surface area contributed by atoms with E-state index in [9.17, 15) is 25.2 Å². The smallest absolute Gasteiger partial charge is 0.189 e. The van der Waals surface area contributed by atoms with E-state index in [1.165, 1.54) is 30.3 Å². The Labute approximate surface area is 204 Å². The van der Waals surface area contributed by atoms with E-state index in [4.69, 9.17) is 4.74 Å². The Morgan fingerprint density at radius 3 is 2.06 bits per heavy atom. The predicted molar refractivity (Wildman–Crippen MR) is 137 cm³/mol. The largest absolute Gasteiger partial charge is 0.508 e. The van der Waals surface area contributed by atoms with Gasteiger partial charge in [-0.3, -0.25) is 4.79 Å². The van der Waals surface area contributed by atoms with Gasteiger partial charge in [-0.15, -0.1) is 0 Å². The fourth-order valence-electron chi connectivity index (χ4n) is 3.27. The number of carbonyl (C=O) groups is 1. The Kier molecular flexibility index (Phi) is 8.87. The van der Waals surface area contributed by atoms with E-state index in [2.05, 4.69) is 0 Å². The van der Waals surface area contributed by atoms with E-state index >= 15 is 0 Å². The molecule has 0 amide bonds. The number of aromatic hydroxyl groups is 4. The summed E-state index contributed by atoms with van der Waals surface area (Å²) in [6.45, 7) is 2.66. The molecule has 0 aliphatic carbocycles. The minimum absolute atomic E-state index is 0.0921. The van der Waals surface area contributed by atoms with E-state index in [0.29, 0.717) is 13.2 Å². The van der Waals surface area contributed by atoms with E-state index in [-0.39, 0.29) is 40.5 Å². The van der Waals surface area contributed by atoms with Gasteiger partial charge in [0.2, 0.25) is 0 Å². The van der Waals surface area contributed by atoms with Gasteiger partial charge in [-0.05, 0) is 66.9 Å². The zero-order valence-corrected chi connectivity index (χ0v) is 19.4. The van der Waals surface area contributed by atoms with Crippen LogP contribution in [-0.4, -0.2) is 39.4 Å². The molecule has 0 saturated heterocycles. The maximum atomic E-state index is 12.6. The van der Waals surface area contributed by atoms with Gasteiger partial charge in [-0.2, -0.15) is 0 Å². The second kappa shape index (κ2) is 12.3. The number of phenols is 4. The number of phenolic OH excluding ortho intramolecular Hbond substituents is 4. The van der Waals surface area contributed by atoms with Crippen LogP contribution in [0.5, 0.6) is 23.0 Å². The van der Waals surface area contributed by atoms with E-state index in [1.807, 2.05) is 25.2 Å². The number of benzene rings is 3. The lowest BCUT2D eigenvalue weighted by Gasteiger charge is -2.09. The zero-order valence-electron chi connectivity index (χ0n) is 19.4. The molecule has 4 N–H and O–H groups in total. The molecule has 3 aromatic carbocycles. The first-order chi connectivity index (χ1) is 16.8. The van der Waals surface area contributed by atoms with Crippen molar-refractivity contribution in [2.45, 2.75) is 13.3 Å². The fourth-order valence-corrected chi connectivity index (χ4v) is 3.27. The van der Waals surface area contributed by atoms with Crippen LogP contribution in [0, 0.1) is 0 Å². The number of hydrogen-bond donors (Lipinski definition) is 4. The summed E-state index contributed by atoms with van der Waals surface area (Å²) >= 11 is 0. The van der Waals surface area contributed by atoms with Gasteiger partial charge in [-0.1, -0.05) is 54.1 Å². The molecule has 3 rings (SSSR count). The molecule has 0 aliphatic heterocycles. The second-order valence-corrected chi connectivity index (χ2v) is 8.01. The third-order valence-electron chi connectivity index (χ3n) is 5.25. The summed E-state index contributed by atoms with van der Waals surface area (Å²) in [5.74, 6) is -0.401. The molecule has 0 bridgehead atoms. The van der Waals surface area contributed by atoms with Gasteiger partial charge in [0.15, 0.2) is 5.78 Å². The molecule has 0 unspecified atom stereocenters. The topological polar surface area (TPSA) is 107 Å². The highest BCUT2D eigenvalue weighted by Gasteiger charge is 2.15. The first kappa shape index (κ1) is 25.3. The summed E-state index contributed by atoms with van der Waals surface area (Å²) < 4.78 is 5.62. The Bertz CT molecular complexity index is 1240. The van der Waals surface area contributed by atoms with Crippen LogP contribution in [0.4, 0.5) is 0 Å². The molecule has 0 atom stereocenters. The quantitative estimate of drug-likeness (QED) is 0.132. The number of hydrogen-bond acceptors (Lipinski definition) is 6. The molecule has 6 heteroatoms. The Morgan fingerprint density at radius 1 is 0.829 bits per heavy atom. The van der Waals surface area contributed by atoms with Crippen LogP contribution < -0.4 is 0 Å². The molecule has 0 fully saturated rings. The first-order valence-corrected chi connectivity index (χ1v) is 11.1. The molecule has 6 nitrogen and oxygen atoms in total. The Balaban J connectivity index is 1.57. The lowest BCUT2D eigenvalue weighted by Crippen LogP contribution is -1.99. The average molecular weight is 473 g/mol. The molecule has 0 saturated carbocycles. The van der Waals surface area contributed by atoms with E-state index < -0.39 is 5.78 Å². The summed E-state index contributed by atoms with van der Waals surface area (Å²) in [6.07, 6.45) is 8.76. The van der Waals surface area contributed by atoms with Gasteiger partial charge in [0, 0.05) is 5.56 Å². The molecular weight excluding hydrogens is 444 g/mol. The lowest BCUT2D eigenvalue weighted by molar-refractivity contribution is 0.104. The SMILES string of the molecule is C/C(=C\Cc1c(O)ccc(C(=O)/C=C/c2ccc(O)cc2)c1O)COC/C=C/c1ccc(O)cc1. The number of rotatable bonds is 10. The molecule has 0 radical (unpaired) electrons. The van der Waals surface area contributed by atoms with Crippen molar-refractivity contribution < 1.29 is 30.0 Å². The van der Waals surface area contributed by atoms with Crippen LogP contribution in [-0.2, 0) is 11.2 Å². The van der Waals surface area contributed by atoms with Gasteiger partial charge >= 0.3 is 0 Å². The third-order valence-corrected chi connectivity index (χ3v) is 5.25. The van der Waals surface area contributed by atoms with E-state index in [1.54, 1.807) is 42.5 Å². The van der Waals surface area contributed by atoms with Crippen LogP contribution in [0.15, 0.2) is 84.5 Å². The van der Waals surface area contributed by atoms with Gasteiger partial charge in [0.1, 0.15) is 23.0 Å². The molecule has 0 aromatic heterocycles. The molecule has 0 heterocycles. The highest BCUT2D eigenvalue weighted by molar-refractivity contribution is 6.09. The van der Waals surface area contributed by atoms with Crippen LogP contribution in [0.2, 0.25) is 0 Å². The van der Waals surface area contributed by atoms with Crippen molar-refractivity contribution in [3.05, 3.63) is 107 Å². The second-order valence-electron chi connectivity index (χ2n) is 8.01. The minimum atomic E-state index is -0.402. The van der Waals surface area contributed by atoms with Crippen molar-refractivity contribution in [1.82, 2.24) is 0 Å². The number of carbonyl (C=O) groups excluding carboxylic acids is 1. The average Bonchev–Trinajstić information content (AvgIpc) is 2.84. The Hall–Kier alpha value is -4.29. The van der Waals surface area contributed by atoms with Crippen LogP contribution >= 0.6 is 0 Å². The zero-order chi connectivity index (χ0) is 25.2. The van der Waals surface area contributed by atoms with Crippen molar-refractivity contribution in [3.63, 3.8) is 0 Å². The summed E-state index contributed by atoms with van der Waals surface area (Å²) in [4.78, 5) is 12.6. The number of allylic oxidation sites excluding steroid dienone is 2. The van der Waals surface area contributed by atoms with Crippen LogP contribution in [0.1, 0.15) is 34.0 Å². The van der Waals surface area contributed by atoms with Crippen molar-refractivity contribution in [2.75, 3.05) is 13.2 Å². The normalized spacial score (nSPS) is 12.0. The highest BCUT2D eigenvalue weighted by Crippen LogP contribution is 2.32.